The van der Waals surface area contributed by atoms with Crippen molar-refractivity contribution in [1.29, 1.82) is 0 Å². The van der Waals surface area contributed by atoms with E-state index >= 15 is 0 Å². The van der Waals surface area contributed by atoms with E-state index in [4.69, 9.17) is 28.2 Å². The monoisotopic (exact) mass is 427 g/mol. The molecule has 1 fully saturated rings. The minimum Gasteiger partial charge on any atom is -0.459 e. The van der Waals surface area contributed by atoms with Gasteiger partial charge >= 0.3 is 0 Å². The molecule has 1 aromatic carbocycles. The Morgan fingerprint density at radius 2 is 2.10 bits per heavy atom. The van der Waals surface area contributed by atoms with Gasteiger partial charge in [-0.15, -0.1) is 0 Å². The van der Waals surface area contributed by atoms with Crippen LogP contribution in [0.3, 0.4) is 0 Å². The highest BCUT2D eigenvalue weighted by Crippen LogP contribution is 2.41. The predicted molar refractivity (Wildman–Crippen MR) is 118 cm³/mol. The maximum Gasteiger partial charge on any atom is 0.170 e. The standard InChI is InChI=1S/C22H22ClN3O2S/c1-14-6-7-15(23)13-16(14)18-8-9-19(28-18)21-20(17-5-2-3-10-24-17)25-22(29)26(21)11-4-12-27/h2-3,5-10,13,20-21,27H,4,11-12H2,1H3,(H,25,29)/t20-,21-/m1/s1. The lowest BCUT2D eigenvalue weighted by atomic mass is 10.0. The molecule has 2 N–H and O–H groups in total. The van der Waals surface area contributed by atoms with E-state index in [1.807, 2.05) is 55.5 Å². The third kappa shape index (κ3) is 4.01. The number of thiocarbonyl (C=S) groups is 1. The van der Waals surface area contributed by atoms with E-state index in [0.717, 1.165) is 28.3 Å². The molecule has 1 saturated heterocycles. The Morgan fingerprint density at radius 3 is 2.86 bits per heavy atom. The van der Waals surface area contributed by atoms with Crippen molar-refractivity contribution < 1.29 is 9.52 Å². The molecule has 2 aromatic heterocycles. The van der Waals surface area contributed by atoms with Crippen LogP contribution in [-0.2, 0) is 0 Å². The number of hydrogen-bond acceptors (Lipinski definition) is 4. The van der Waals surface area contributed by atoms with Gasteiger partial charge in [0.2, 0.25) is 0 Å². The quantitative estimate of drug-likeness (QED) is 0.558. The van der Waals surface area contributed by atoms with Crippen LogP contribution in [0.25, 0.3) is 11.3 Å². The van der Waals surface area contributed by atoms with Gasteiger partial charge in [-0.2, -0.15) is 0 Å². The van der Waals surface area contributed by atoms with Gasteiger partial charge in [0.25, 0.3) is 0 Å². The summed E-state index contributed by atoms with van der Waals surface area (Å²) in [5, 5.41) is 14.0. The van der Waals surface area contributed by atoms with Crippen molar-refractivity contribution in [3.8, 4) is 11.3 Å². The van der Waals surface area contributed by atoms with Crippen LogP contribution < -0.4 is 5.32 Å². The molecule has 4 rings (SSSR count). The fraction of sp³-hybridized carbons (Fsp3) is 0.273. The lowest BCUT2D eigenvalue weighted by molar-refractivity contribution is 0.233. The van der Waals surface area contributed by atoms with Gasteiger partial charge in [0, 0.05) is 29.9 Å². The Kier molecular flexibility index (Phi) is 5.85. The van der Waals surface area contributed by atoms with E-state index in [0.29, 0.717) is 23.1 Å². The molecule has 0 amide bonds. The highest BCUT2D eigenvalue weighted by atomic mass is 35.5. The number of aromatic nitrogens is 1. The lowest BCUT2D eigenvalue weighted by Gasteiger charge is -2.25. The second-order valence-electron chi connectivity index (χ2n) is 7.06. The lowest BCUT2D eigenvalue weighted by Crippen LogP contribution is -2.30. The molecule has 0 radical (unpaired) electrons. The number of rotatable bonds is 6. The minimum absolute atomic E-state index is 0.102. The van der Waals surface area contributed by atoms with Gasteiger partial charge in [-0.25, -0.2) is 0 Å². The van der Waals surface area contributed by atoms with Crippen molar-refractivity contribution in [3.63, 3.8) is 0 Å². The van der Waals surface area contributed by atoms with Crippen LogP contribution in [0.4, 0.5) is 0 Å². The number of halogens is 1. The van der Waals surface area contributed by atoms with E-state index in [1.165, 1.54) is 0 Å². The first kappa shape index (κ1) is 19.9. The van der Waals surface area contributed by atoms with Gasteiger partial charge in [0.05, 0.1) is 11.7 Å². The minimum atomic E-state index is -0.155. The topological polar surface area (TPSA) is 61.5 Å². The third-order valence-corrected chi connectivity index (χ3v) is 5.73. The number of furan rings is 1. The van der Waals surface area contributed by atoms with Crippen LogP contribution in [0, 0.1) is 6.92 Å². The summed E-state index contributed by atoms with van der Waals surface area (Å²) in [5.74, 6) is 1.56. The van der Waals surface area contributed by atoms with Crippen molar-refractivity contribution in [3.05, 3.63) is 76.8 Å². The van der Waals surface area contributed by atoms with Crippen molar-refractivity contribution in [2.45, 2.75) is 25.4 Å². The van der Waals surface area contributed by atoms with Crippen LogP contribution in [0.5, 0.6) is 0 Å². The molecule has 3 heterocycles. The molecule has 2 atom stereocenters. The first-order valence-electron chi connectivity index (χ1n) is 9.53. The molecule has 5 nitrogen and oxygen atoms in total. The fourth-order valence-electron chi connectivity index (χ4n) is 3.71. The summed E-state index contributed by atoms with van der Waals surface area (Å²) in [6.45, 7) is 2.76. The molecule has 0 unspecified atom stereocenters. The van der Waals surface area contributed by atoms with E-state index in [-0.39, 0.29) is 18.7 Å². The van der Waals surface area contributed by atoms with Crippen LogP contribution in [-0.4, -0.2) is 33.3 Å². The molecular formula is C22H22ClN3O2S. The number of aliphatic hydroxyl groups excluding tert-OH is 1. The van der Waals surface area contributed by atoms with Gasteiger partial charge in [-0.1, -0.05) is 23.7 Å². The first-order chi connectivity index (χ1) is 14.1. The zero-order valence-corrected chi connectivity index (χ0v) is 17.6. The summed E-state index contributed by atoms with van der Waals surface area (Å²) < 4.78 is 6.31. The molecular weight excluding hydrogens is 406 g/mol. The third-order valence-electron chi connectivity index (χ3n) is 5.14. The summed E-state index contributed by atoms with van der Waals surface area (Å²) in [7, 11) is 0. The van der Waals surface area contributed by atoms with Crippen molar-refractivity contribution in [2.75, 3.05) is 13.2 Å². The molecule has 0 spiro atoms. The average Bonchev–Trinajstić information content (AvgIpc) is 3.33. The Morgan fingerprint density at radius 1 is 1.24 bits per heavy atom. The molecule has 0 bridgehead atoms. The summed E-state index contributed by atoms with van der Waals surface area (Å²) in [5.41, 5.74) is 2.95. The first-order valence-corrected chi connectivity index (χ1v) is 10.3. The SMILES string of the molecule is Cc1ccc(Cl)cc1-c1ccc([C@@H]2[C@@H](c3ccccn3)NC(=S)N2CCCO)o1. The smallest absolute Gasteiger partial charge is 0.170 e. The summed E-state index contributed by atoms with van der Waals surface area (Å²) >= 11 is 11.8. The number of nitrogens with one attached hydrogen (secondary N) is 1. The van der Waals surface area contributed by atoms with Crippen molar-refractivity contribution in [2.24, 2.45) is 0 Å². The Hall–Kier alpha value is -2.41. The van der Waals surface area contributed by atoms with Crippen LogP contribution in [0.2, 0.25) is 5.02 Å². The molecule has 1 aliphatic heterocycles. The molecule has 29 heavy (non-hydrogen) atoms. The number of pyridine rings is 1. The number of aryl methyl sites for hydroxylation is 1. The maximum absolute atomic E-state index is 9.32. The molecule has 1 aliphatic rings. The summed E-state index contributed by atoms with van der Waals surface area (Å²) in [6.07, 6.45) is 2.39. The molecule has 7 heteroatoms. The van der Waals surface area contributed by atoms with E-state index in [9.17, 15) is 5.11 Å². The van der Waals surface area contributed by atoms with Gasteiger partial charge in [-0.05, 0) is 67.5 Å². The molecule has 3 aromatic rings. The number of nitrogens with zero attached hydrogens (tertiary/aromatic N) is 2. The second-order valence-corrected chi connectivity index (χ2v) is 7.88. The second kappa shape index (κ2) is 8.53. The summed E-state index contributed by atoms with van der Waals surface area (Å²) in [4.78, 5) is 6.59. The number of aliphatic hydroxyl groups is 1. The Labute approximate surface area is 180 Å². The zero-order valence-electron chi connectivity index (χ0n) is 16.0. The highest BCUT2D eigenvalue weighted by Gasteiger charge is 2.41. The zero-order chi connectivity index (χ0) is 20.4. The van der Waals surface area contributed by atoms with Crippen LogP contribution in [0.1, 0.15) is 35.5 Å². The molecule has 0 saturated carbocycles. The van der Waals surface area contributed by atoms with Crippen molar-refractivity contribution >= 4 is 28.9 Å². The maximum atomic E-state index is 9.32. The van der Waals surface area contributed by atoms with Crippen LogP contribution >= 0.6 is 23.8 Å². The molecule has 0 aliphatic carbocycles. The highest BCUT2D eigenvalue weighted by molar-refractivity contribution is 7.80. The van der Waals surface area contributed by atoms with Gasteiger partial charge < -0.3 is 19.7 Å². The predicted octanol–water partition coefficient (Wildman–Crippen LogP) is 4.66. The summed E-state index contributed by atoms with van der Waals surface area (Å²) in [6, 6.07) is 15.3. The normalized spacial score (nSPS) is 18.9. The van der Waals surface area contributed by atoms with Gasteiger partial charge in [0.1, 0.15) is 17.6 Å². The van der Waals surface area contributed by atoms with E-state index in [1.54, 1.807) is 6.20 Å². The number of benzene rings is 1. The largest absolute Gasteiger partial charge is 0.459 e. The van der Waals surface area contributed by atoms with Gasteiger partial charge in [0.15, 0.2) is 5.11 Å². The van der Waals surface area contributed by atoms with Crippen molar-refractivity contribution in [1.82, 2.24) is 15.2 Å². The fourth-order valence-corrected chi connectivity index (χ4v) is 4.22. The Bertz CT molecular complexity index is 1010. The Balaban J connectivity index is 1.73. The van der Waals surface area contributed by atoms with E-state index in [2.05, 4.69) is 15.2 Å². The number of hydrogen-bond donors (Lipinski definition) is 2. The molecule has 150 valence electrons. The van der Waals surface area contributed by atoms with Gasteiger partial charge in [-0.3, -0.25) is 4.98 Å². The van der Waals surface area contributed by atoms with E-state index < -0.39 is 0 Å². The van der Waals surface area contributed by atoms with Crippen LogP contribution in [0.15, 0.2) is 59.1 Å². The average molecular weight is 428 g/mol.